The predicted molar refractivity (Wildman–Crippen MR) is 136 cm³/mol. The van der Waals surface area contributed by atoms with Crippen LogP contribution in [-0.2, 0) is 17.9 Å². The molecule has 0 unspecified atom stereocenters. The molecule has 2 aromatic heterocycles. The number of nitrogens with one attached hydrogen (secondary N) is 2. The largest absolute Gasteiger partial charge is 0.489 e. The number of carbonyl (C=O) groups is 1. The van der Waals surface area contributed by atoms with E-state index in [1.54, 1.807) is 6.08 Å². The normalized spacial score (nSPS) is 11.2. The lowest BCUT2D eigenvalue weighted by molar-refractivity contribution is -0.378. The van der Waals surface area contributed by atoms with E-state index >= 15 is 0 Å². The van der Waals surface area contributed by atoms with Gasteiger partial charge in [0.25, 0.3) is 0 Å². The maximum atomic E-state index is 11.9. The van der Waals surface area contributed by atoms with Gasteiger partial charge < -0.3 is 14.6 Å². The minimum absolute atomic E-state index is 0.0465. The summed E-state index contributed by atoms with van der Waals surface area (Å²) < 4.78 is 8.26. The SMILES string of the molecule is O=C(/C=C/c1ccc[nH+]c1)NCCCCCCn1ccc2cc(OCc3ccccc3)ccc21. The molecule has 174 valence electrons. The third-order valence-corrected chi connectivity index (χ3v) is 5.77. The number of aromatic amines is 1. The van der Waals surface area contributed by atoms with Gasteiger partial charge in [0.05, 0.1) is 0 Å². The highest BCUT2D eigenvalue weighted by Gasteiger charge is 2.04. The number of fused-ring (bicyclic) bond motifs is 1. The average molecular weight is 455 g/mol. The van der Waals surface area contributed by atoms with E-state index in [2.05, 4.69) is 57.5 Å². The number of amides is 1. The number of carbonyl (C=O) groups excluding carboxylic acids is 1. The predicted octanol–water partition coefficient (Wildman–Crippen LogP) is 5.42. The Morgan fingerprint density at radius 2 is 1.85 bits per heavy atom. The summed E-state index contributed by atoms with van der Waals surface area (Å²) in [5.41, 5.74) is 3.38. The van der Waals surface area contributed by atoms with Gasteiger partial charge in [-0.15, -0.1) is 0 Å². The number of benzene rings is 2. The van der Waals surface area contributed by atoms with E-state index in [0.717, 1.165) is 43.5 Å². The number of ether oxygens (including phenoxy) is 1. The molecule has 0 spiro atoms. The fourth-order valence-electron chi connectivity index (χ4n) is 3.92. The third kappa shape index (κ3) is 7.07. The van der Waals surface area contributed by atoms with Crippen LogP contribution in [0.15, 0.2) is 91.4 Å². The van der Waals surface area contributed by atoms with Crippen molar-refractivity contribution in [1.29, 1.82) is 0 Å². The van der Waals surface area contributed by atoms with Crippen LogP contribution in [0.2, 0.25) is 0 Å². The fourth-order valence-corrected chi connectivity index (χ4v) is 3.92. The molecule has 2 N–H and O–H groups in total. The van der Waals surface area contributed by atoms with Crippen molar-refractivity contribution in [2.45, 2.75) is 38.8 Å². The number of aromatic nitrogens is 2. The molecule has 4 rings (SSSR count). The molecule has 5 nitrogen and oxygen atoms in total. The molecule has 2 heterocycles. The molecule has 0 radical (unpaired) electrons. The molecule has 34 heavy (non-hydrogen) atoms. The number of aryl methyl sites for hydroxylation is 1. The van der Waals surface area contributed by atoms with Crippen molar-refractivity contribution >= 4 is 22.9 Å². The number of rotatable bonds is 12. The van der Waals surface area contributed by atoms with Gasteiger partial charge in [0, 0.05) is 47.9 Å². The van der Waals surface area contributed by atoms with Crippen LogP contribution in [-0.4, -0.2) is 17.0 Å². The van der Waals surface area contributed by atoms with E-state index < -0.39 is 0 Å². The maximum Gasteiger partial charge on any atom is 0.244 e. The number of hydrogen-bond donors (Lipinski definition) is 1. The molecule has 0 bridgehead atoms. The van der Waals surface area contributed by atoms with Gasteiger partial charge in [0.1, 0.15) is 12.4 Å². The minimum atomic E-state index is -0.0465. The lowest BCUT2D eigenvalue weighted by Gasteiger charge is -2.08. The number of nitrogens with zero attached hydrogens (tertiary/aromatic N) is 1. The van der Waals surface area contributed by atoms with Crippen molar-refractivity contribution in [2.75, 3.05) is 6.54 Å². The molecular weight excluding hydrogens is 422 g/mol. The molecule has 2 aromatic carbocycles. The van der Waals surface area contributed by atoms with Crippen molar-refractivity contribution in [3.8, 4) is 5.75 Å². The summed E-state index contributed by atoms with van der Waals surface area (Å²) in [4.78, 5) is 14.9. The number of hydrogen-bond acceptors (Lipinski definition) is 2. The van der Waals surface area contributed by atoms with Crippen LogP contribution in [0.25, 0.3) is 17.0 Å². The fraction of sp³-hybridized carbons (Fsp3) is 0.241. The Morgan fingerprint density at radius 1 is 0.971 bits per heavy atom. The first-order chi connectivity index (χ1) is 16.8. The van der Waals surface area contributed by atoms with Crippen LogP contribution < -0.4 is 15.0 Å². The van der Waals surface area contributed by atoms with Crippen molar-refractivity contribution in [2.24, 2.45) is 0 Å². The minimum Gasteiger partial charge on any atom is -0.489 e. The van der Waals surface area contributed by atoms with E-state index in [-0.39, 0.29) is 5.91 Å². The standard InChI is InChI=1S/C29H31N3O2/c33-29(15-12-24-11-8-17-30-22-24)31-18-6-1-2-7-19-32-20-16-26-21-27(13-14-28(26)32)34-23-25-9-4-3-5-10-25/h3-5,8-17,20-22H,1-2,6-7,18-19,23H2,(H,31,33)/p+1/b15-12+. The highest BCUT2D eigenvalue weighted by atomic mass is 16.5. The summed E-state index contributed by atoms with van der Waals surface area (Å²) in [5, 5.41) is 4.16. The molecule has 0 aliphatic carbocycles. The second-order valence-electron chi connectivity index (χ2n) is 8.38. The molecule has 4 aromatic rings. The first-order valence-electron chi connectivity index (χ1n) is 12.0. The summed E-state index contributed by atoms with van der Waals surface area (Å²) in [6, 6.07) is 22.5. The molecule has 0 atom stereocenters. The van der Waals surface area contributed by atoms with Gasteiger partial charge >= 0.3 is 0 Å². The summed E-state index contributed by atoms with van der Waals surface area (Å²) in [5.74, 6) is 0.850. The van der Waals surface area contributed by atoms with E-state index in [0.29, 0.717) is 13.2 Å². The van der Waals surface area contributed by atoms with Crippen LogP contribution in [0, 0.1) is 0 Å². The molecule has 0 aliphatic rings. The van der Waals surface area contributed by atoms with E-state index in [9.17, 15) is 4.79 Å². The van der Waals surface area contributed by atoms with E-state index in [1.165, 1.54) is 16.5 Å². The quantitative estimate of drug-likeness (QED) is 0.229. The molecular formula is C29H32N3O2+. The second kappa shape index (κ2) is 12.4. The van der Waals surface area contributed by atoms with Crippen LogP contribution in [0.4, 0.5) is 0 Å². The Bertz CT molecular complexity index is 1200. The van der Waals surface area contributed by atoms with Crippen LogP contribution in [0.1, 0.15) is 36.8 Å². The van der Waals surface area contributed by atoms with E-state index in [1.807, 2.05) is 48.8 Å². The zero-order valence-corrected chi connectivity index (χ0v) is 19.5. The molecule has 0 saturated carbocycles. The van der Waals surface area contributed by atoms with Crippen LogP contribution >= 0.6 is 0 Å². The Balaban J connectivity index is 1.13. The topological polar surface area (TPSA) is 57.4 Å². The highest BCUT2D eigenvalue weighted by Crippen LogP contribution is 2.23. The Kier molecular flexibility index (Phi) is 8.50. The number of H-pyrrole nitrogens is 1. The first kappa shape index (κ1) is 23.3. The van der Waals surface area contributed by atoms with Gasteiger partial charge in [0.2, 0.25) is 5.91 Å². The van der Waals surface area contributed by atoms with Crippen molar-refractivity contribution in [3.63, 3.8) is 0 Å². The Morgan fingerprint density at radius 3 is 2.71 bits per heavy atom. The number of pyridine rings is 1. The highest BCUT2D eigenvalue weighted by molar-refractivity contribution is 5.91. The monoisotopic (exact) mass is 454 g/mol. The molecule has 5 heteroatoms. The maximum absolute atomic E-state index is 11.9. The van der Waals surface area contributed by atoms with Gasteiger partial charge in [0.15, 0.2) is 12.4 Å². The van der Waals surface area contributed by atoms with Crippen LogP contribution in [0.5, 0.6) is 5.75 Å². The zero-order chi connectivity index (χ0) is 23.4. The smallest absolute Gasteiger partial charge is 0.244 e. The summed E-state index contributed by atoms with van der Waals surface area (Å²) in [7, 11) is 0. The second-order valence-corrected chi connectivity index (χ2v) is 8.38. The molecule has 0 saturated heterocycles. The van der Waals surface area contributed by atoms with Crippen molar-refractivity contribution < 1.29 is 14.5 Å². The first-order valence-corrected chi connectivity index (χ1v) is 12.0. The van der Waals surface area contributed by atoms with Crippen LogP contribution in [0.3, 0.4) is 0 Å². The van der Waals surface area contributed by atoms with Gasteiger partial charge in [-0.1, -0.05) is 43.2 Å². The third-order valence-electron chi connectivity index (χ3n) is 5.77. The Hall–Kier alpha value is -3.86. The lowest BCUT2D eigenvalue weighted by atomic mass is 10.2. The van der Waals surface area contributed by atoms with Gasteiger partial charge in [-0.3, -0.25) is 4.79 Å². The summed E-state index contributed by atoms with van der Waals surface area (Å²) in [6.45, 7) is 2.29. The number of unbranched alkanes of at least 4 members (excludes halogenated alkanes) is 3. The molecule has 1 amide bonds. The van der Waals surface area contributed by atoms with Gasteiger partial charge in [-0.2, -0.15) is 0 Å². The van der Waals surface area contributed by atoms with Gasteiger partial charge in [-0.05, 0) is 54.8 Å². The van der Waals surface area contributed by atoms with Crippen molar-refractivity contribution in [3.05, 3.63) is 103 Å². The van der Waals surface area contributed by atoms with Gasteiger partial charge in [-0.25, -0.2) is 4.98 Å². The molecule has 0 fully saturated rings. The molecule has 0 aliphatic heterocycles. The Labute approximate surface area is 201 Å². The van der Waals surface area contributed by atoms with E-state index in [4.69, 9.17) is 4.74 Å². The average Bonchev–Trinajstić information content (AvgIpc) is 3.29. The zero-order valence-electron chi connectivity index (χ0n) is 19.5. The summed E-state index contributed by atoms with van der Waals surface area (Å²) in [6.07, 6.45) is 13.6. The lowest BCUT2D eigenvalue weighted by Crippen LogP contribution is -2.22. The van der Waals surface area contributed by atoms with Crippen molar-refractivity contribution in [1.82, 2.24) is 9.88 Å². The summed E-state index contributed by atoms with van der Waals surface area (Å²) >= 11 is 0.